The summed E-state index contributed by atoms with van der Waals surface area (Å²) in [4.78, 5) is 11.2. The maximum atomic E-state index is 11.2. The molecule has 0 aliphatic rings. The third kappa shape index (κ3) is 19.2. The molecule has 0 aliphatic carbocycles. The molecule has 0 aromatic rings. The minimum absolute atomic E-state index is 0.0773. The maximum absolute atomic E-state index is 11.2. The molecule has 0 heterocycles. The number of ether oxygens (including phenoxy) is 3. The van der Waals surface area contributed by atoms with E-state index in [0.717, 1.165) is 0 Å². The van der Waals surface area contributed by atoms with Gasteiger partial charge in [-0.05, 0) is 20.8 Å². The molecule has 6 N–H and O–H groups in total. The van der Waals surface area contributed by atoms with Gasteiger partial charge in [0.1, 0.15) is 5.60 Å². The molecule has 8 nitrogen and oxygen atoms in total. The molecule has 0 aromatic heterocycles. The van der Waals surface area contributed by atoms with E-state index in [-0.39, 0.29) is 13.2 Å². The number of esters is 1. The Morgan fingerprint density at radius 1 is 1.10 bits per heavy atom. The van der Waals surface area contributed by atoms with Gasteiger partial charge in [0.15, 0.2) is 6.10 Å². The molecule has 0 aromatic carbocycles. The van der Waals surface area contributed by atoms with E-state index < -0.39 is 17.7 Å². The van der Waals surface area contributed by atoms with Crippen LogP contribution in [-0.2, 0) is 19.0 Å². The fourth-order valence-corrected chi connectivity index (χ4v) is 0.966. The van der Waals surface area contributed by atoms with Crippen LogP contribution in [0.1, 0.15) is 20.8 Å². The zero-order chi connectivity index (χ0) is 16.7. The number of aliphatic hydroxyl groups excluding tert-OH is 2. The van der Waals surface area contributed by atoms with Crippen molar-refractivity contribution in [1.29, 1.82) is 0 Å². The Bertz CT molecular complexity index is 241. The maximum Gasteiger partial charge on any atom is 0.337 e. The van der Waals surface area contributed by atoms with Crippen molar-refractivity contribution in [3.8, 4) is 0 Å². The van der Waals surface area contributed by atoms with Crippen LogP contribution in [0.15, 0.2) is 0 Å². The average molecular weight is 310 g/mol. The van der Waals surface area contributed by atoms with Crippen molar-refractivity contribution in [1.82, 2.24) is 0 Å². The van der Waals surface area contributed by atoms with Gasteiger partial charge in [0.05, 0.1) is 33.0 Å². The molecule has 0 bridgehead atoms. The first-order chi connectivity index (χ1) is 9.78. The van der Waals surface area contributed by atoms with E-state index in [1.54, 1.807) is 20.8 Å². The summed E-state index contributed by atoms with van der Waals surface area (Å²) in [6, 6.07) is 0. The number of rotatable bonds is 9. The summed E-state index contributed by atoms with van der Waals surface area (Å²) in [6.45, 7) is 7.36. The average Bonchev–Trinajstić information content (AvgIpc) is 2.38. The predicted molar refractivity (Wildman–Crippen MR) is 78.7 cm³/mol. The molecule has 21 heavy (non-hydrogen) atoms. The Morgan fingerprint density at radius 3 is 2.05 bits per heavy atom. The number of carbonyl (C=O) groups excluding carboxylic acids is 1. The molecule has 0 radical (unpaired) electrons. The van der Waals surface area contributed by atoms with Crippen LogP contribution in [0, 0.1) is 0 Å². The van der Waals surface area contributed by atoms with Crippen molar-refractivity contribution in [2.24, 2.45) is 11.5 Å². The monoisotopic (exact) mass is 310 g/mol. The van der Waals surface area contributed by atoms with Gasteiger partial charge in [0.25, 0.3) is 0 Å². The van der Waals surface area contributed by atoms with E-state index in [1.165, 1.54) is 0 Å². The minimum Gasteiger partial charge on any atom is -0.458 e. The predicted octanol–water partition coefficient (Wildman–Crippen LogP) is -1.38. The first kappa shape index (κ1) is 22.5. The van der Waals surface area contributed by atoms with Crippen LogP contribution in [0.2, 0.25) is 0 Å². The number of hydrogen-bond acceptors (Lipinski definition) is 8. The first-order valence-corrected chi connectivity index (χ1v) is 6.85. The van der Waals surface area contributed by atoms with Crippen LogP contribution in [0.25, 0.3) is 0 Å². The Balaban J connectivity index is 0. The molecule has 1 unspecified atom stereocenters. The molecule has 0 amide bonds. The lowest BCUT2D eigenvalue weighted by atomic mass is 10.2. The van der Waals surface area contributed by atoms with Crippen molar-refractivity contribution >= 4 is 5.97 Å². The summed E-state index contributed by atoms with van der Waals surface area (Å²) in [7, 11) is 0. The number of nitrogens with two attached hydrogens (primary N) is 2. The lowest BCUT2D eigenvalue weighted by Crippen LogP contribution is -2.34. The Hall–Kier alpha value is -0.770. The van der Waals surface area contributed by atoms with Crippen LogP contribution in [0.4, 0.5) is 0 Å². The van der Waals surface area contributed by atoms with Crippen molar-refractivity contribution in [3.63, 3.8) is 0 Å². The Kier molecular flexibility index (Phi) is 15.2. The summed E-state index contributed by atoms with van der Waals surface area (Å²) < 4.78 is 14.6. The van der Waals surface area contributed by atoms with Gasteiger partial charge in [-0.1, -0.05) is 0 Å². The highest BCUT2D eigenvalue weighted by Gasteiger charge is 2.23. The van der Waals surface area contributed by atoms with E-state index in [1.807, 2.05) is 0 Å². The van der Waals surface area contributed by atoms with Gasteiger partial charge in [-0.25, -0.2) is 4.79 Å². The molecular weight excluding hydrogens is 280 g/mol. The van der Waals surface area contributed by atoms with Crippen molar-refractivity contribution < 1.29 is 29.2 Å². The smallest absolute Gasteiger partial charge is 0.337 e. The van der Waals surface area contributed by atoms with Crippen LogP contribution >= 0.6 is 0 Å². The Morgan fingerprint density at radius 2 is 1.62 bits per heavy atom. The molecule has 0 spiro atoms. The Labute approximate surface area is 126 Å². The normalized spacial score (nSPS) is 12.3. The summed E-state index contributed by atoms with van der Waals surface area (Å²) >= 11 is 0. The van der Waals surface area contributed by atoms with Gasteiger partial charge in [0.2, 0.25) is 0 Å². The van der Waals surface area contributed by atoms with Gasteiger partial charge in [-0.3, -0.25) is 0 Å². The van der Waals surface area contributed by atoms with E-state index in [4.69, 9.17) is 30.8 Å². The van der Waals surface area contributed by atoms with Crippen LogP contribution in [0.5, 0.6) is 0 Å². The summed E-state index contributed by atoms with van der Waals surface area (Å²) in [5.41, 5.74) is 9.64. The van der Waals surface area contributed by atoms with Gasteiger partial charge in [-0.15, -0.1) is 0 Å². The lowest BCUT2D eigenvalue weighted by Gasteiger charge is -2.21. The van der Waals surface area contributed by atoms with Gasteiger partial charge < -0.3 is 35.9 Å². The van der Waals surface area contributed by atoms with Gasteiger partial charge >= 0.3 is 5.97 Å². The van der Waals surface area contributed by atoms with Crippen LogP contribution in [0.3, 0.4) is 0 Å². The molecule has 128 valence electrons. The van der Waals surface area contributed by atoms with Gasteiger partial charge in [-0.2, -0.15) is 0 Å². The quantitative estimate of drug-likeness (QED) is 0.302. The summed E-state index contributed by atoms with van der Waals surface area (Å²) in [5, 5.41) is 17.4. The van der Waals surface area contributed by atoms with E-state index in [0.29, 0.717) is 32.9 Å². The van der Waals surface area contributed by atoms with Crippen molar-refractivity contribution in [2.45, 2.75) is 32.5 Å². The molecule has 8 heteroatoms. The zero-order valence-corrected chi connectivity index (χ0v) is 13.2. The standard InChI is InChI=1S/C9H19NO4.C4H11NO2/c1-9(2,3)14-8(12)7(11)6-13-5-4-10;5-1-3-7-4-2-6/h7,11H,4-6,10H2,1-3H3;6H,1-5H2. The van der Waals surface area contributed by atoms with E-state index in [2.05, 4.69) is 0 Å². The van der Waals surface area contributed by atoms with Crippen LogP contribution < -0.4 is 11.5 Å². The third-order valence-corrected chi connectivity index (χ3v) is 1.71. The molecule has 1 atom stereocenters. The molecule has 0 fully saturated rings. The molecule has 0 aliphatic heterocycles. The fourth-order valence-electron chi connectivity index (χ4n) is 0.966. The number of aliphatic hydroxyl groups is 2. The molecule has 0 rings (SSSR count). The fraction of sp³-hybridized carbons (Fsp3) is 0.923. The topological polar surface area (TPSA) is 137 Å². The largest absolute Gasteiger partial charge is 0.458 e. The molecular formula is C13H30N2O6. The number of carbonyl (C=O) groups is 1. The second kappa shape index (κ2) is 14.2. The van der Waals surface area contributed by atoms with Crippen molar-refractivity contribution in [2.75, 3.05) is 46.1 Å². The SMILES string of the molecule is CC(C)(C)OC(=O)C(O)COCCN.NCCOCCO. The van der Waals surface area contributed by atoms with Gasteiger partial charge in [0, 0.05) is 13.1 Å². The first-order valence-electron chi connectivity index (χ1n) is 6.85. The number of hydrogen-bond donors (Lipinski definition) is 4. The summed E-state index contributed by atoms with van der Waals surface area (Å²) in [5.74, 6) is -0.672. The minimum atomic E-state index is -1.24. The van der Waals surface area contributed by atoms with E-state index >= 15 is 0 Å². The highest BCUT2D eigenvalue weighted by atomic mass is 16.6. The second-order valence-electron chi connectivity index (χ2n) is 5.04. The highest BCUT2D eigenvalue weighted by Crippen LogP contribution is 2.08. The van der Waals surface area contributed by atoms with Crippen molar-refractivity contribution in [3.05, 3.63) is 0 Å². The highest BCUT2D eigenvalue weighted by molar-refractivity contribution is 5.74. The molecule has 0 saturated carbocycles. The lowest BCUT2D eigenvalue weighted by molar-refractivity contribution is -0.168. The van der Waals surface area contributed by atoms with E-state index in [9.17, 15) is 9.90 Å². The summed E-state index contributed by atoms with van der Waals surface area (Å²) in [6.07, 6.45) is -1.24. The zero-order valence-electron chi connectivity index (χ0n) is 13.2. The molecule has 0 saturated heterocycles. The third-order valence-electron chi connectivity index (χ3n) is 1.71. The van der Waals surface area contributed by atoms with Crippen LogP contribution in [-0.4, -0.2) is 74.0 Å². The second-order valence-corrected chi connectivity index (χ2v) is 5.04.